The van der Waals surface area contributed by atoms with E-state index < -0.39 is 29.4 Å². The minimum absolute atomic E-state index is 0.0662. The van der Waals surface area contributed by atoms with Crippen LogP contribution in [-0.2, 0) is 9.59 Å². The summed E-state index contributed by atoms with van der Waals surface area (Å²) in [5.41, 5.74) is 1.34. The second kappa shape index (κ2) is 9.10. The van der Waals surface area contributed by atoms with Crippen molar-refractivity contribution in [2.24, 2.45) is 5.41 Å². The Bertz CT molecular complexity index is 1060. The van der Waals surface area contributed by atoms with E-state index >= 15 is 0 Å². The maximum Gasteiger partial charge on any atom is 0.326 e. The third-order valence-electron chi connectivity index (χ3n) is 5.56. The maximum atomic E-state index is 12.9. The molecule has 1 fully saturated rings. The SMILES string of the molecule is CN(C)C(=O)N1C(=O)[C@](C)(CC(=O)O)C[C@H]1COc1ccc(-c2ccc(C#N)cc2)cc1. The van der Waals surface area contributed by atoms with E-state index in [1.165, 1.54) is 4.90 Å². The topological polar surface area (TPSA) is 111 Å². The Balaban J connectivity index is 1.73. The molecule has 0 aromatic heterocycles. The number of aliphatic carboxylic acids is 1. The Morgan fingerprint density at radius 3 is 2.22 bits per heavy atom. The first kappa shape index (κ1) is 22.8. The number of benzene rings is 2. The Morgan fingerprint density at radius 2 is 1.72 bits per heavy atom. The smallest absolute Gasteiger partial charge is 0.326 e. The minimum atomic E-state index is -1.16. The van der Waals surface area contributed by atoms with E-state index in [-0.39, 0.29) is 19.4 Å². The number of nitriles is 1. The molecule has 1 heterocycles. The van der Waals surface area contributed by atoms with Crippen LogP contribution in [0.1, 0.15) is 25.3 Å². The fourth-order valence-corrected chi connectivity index (χ4v) is 3.90. The summed E-state index contributed by atoms with van der Waals surface area (Å²) in [5, 5.41) is 18.1. The molecule has 32 heavy (non-hydrogen) atoms. The first-order valence-corrected chi connectivity index (χ1v) is 10.1. The number of carbonyl (C=O) groups excluding carboxylic acids is 2. The number of carbonyl (C=O) groups is 3. The average Bonchev–Trinajstić information content (AvgIpc) is 3.01. The summed E-state index contributed by atoms with van der Waals surface area (Å²) in [6.45, 7) is 1.64. The Kier molecular flexibility index (Phi) is 6.49. The highest BCUT2D eigenvalue weighted by atomic mass is 16.5. The van der Waals surface area contributed by atoms with Crippen molar-refractivity contribution in [1.82, 2.24) is 9.80 Å². The molecule has 1 aliphatic heterocycles. The average molecular weight is 435 g/mol. The molecule has 0 saturated carbocycles. The highest BCUT2D eigenvalue weighted by molar-refractivity contribution is 6.00. The van der Waals surface area contributed by atoms with Crippen LogP contribution in [0.5, 0.6) is 5.75 Å². The van der Waals surface area contributed by atoms with Crippen molar-refractivity contribution in [2.45, 2.75) is 25.8 Å². The number of amides is 3. The lowest BCUT2D eigenvalue weighted by molar-refractivity contribution is -0.145. The number of carboxylic acids is 1. The van der Waals surface area contributed by atoms with Crippen LogP contribution in [0, 0.1) is 16.7 Å². The highest BCUT2D eigenvalue weighted by Crippen LogP contribution is 2.39. The van der Waals surface area contributed by atoms with E-state index in [0.29, 0.717) is 11.3 Å². The summed E-state index contributed by atoms with van der Waals surface area (Å²) in [6.07, 6.45) is -0.139. The molecule has 0 radical (unpaired) electrons. The van der Waals surface area contributed by atoms with E-state index in [4.69, 9.17) is 10.00 Å². The zero-order chi connectivity index (χ0) is 23.5. The zero-order valence-electron chi connectivity index (χ0n) is 18.2. The summed E-state index contributed by atoms with van der Waals surface area (Å²) in [5.74, 6) is -1.01. The zero-order valence-corrected chi connectivity index (χ0v) is 18.2. The van der Waals surface area contributed by atoms with Gasteiger partial charge in [0, 0.05) is 14.1 Å². The molecule has 8 heteroatoms. The maximum absolute atomic E-state index is 12.9. The van der Waals surface area contributed by atoms with Crippen molar-refractivity contribution in [3.8, 4) is 22.9 Å². The summed E-state index contributed by atoms with van der Waals surface area (Å²) < 4.78 is 5.87. The van der Waals surface area contributed by atoms with E-state index in [0.717, 1.165) is 16.0 Å². The van der Waals surface area contributed by atoms with Gasteiger partial charge in [-0.3, -0.25) is 14.5 Å². The molecule has 3 rings (SSSR count). The van der Waals surface area contributed by atoms with Gasteiger partial charge in [-0.1, -0.05) is 31.2 Å². The third kappa shape index (κ3) is 4.72. The highest BCUT2D eigenvalue weighted by Gasteiger charge is 2.52. The van der Waals surface area contributed by atoms with E-state index in [2.05, 4.69) is 6.07 Å². The van der Waals surface area contributed by atoms with Crippen LogP contribution < -0.4 is 4.74 Å². The summed E-state index contributed by atoms with van der Waals surface area (Å²) in [4.78, 5) is 39.2. The molecule has 0 unspecified atom stereocenters. The van der Waals surface area contributed by atoms with Crippen molar-refractivity contribution in [1.29, 1.82) is 5.26 Å². The molecule has 2 atom stereocenters. The van der Waals surface area contributed by atoms with E-state index in [1.54, 1.807) is 45.3 Å². The second-order valence-corrected chi connectivity index (χ2v) is 8.37. The molecule has 2 aromatic rings. The predicted molar refractivity (Wildman–Crippen MR) is 117 cm³/mol. The van der Waals surface area contributed by atoms with E-state index in [9.17, 15) is 19.5 Å². The van der Waals surface area contributed by atoms with Crippen LogP contribution >= 0.6 is 0 Å². The van der Waals surface area contributed by atoms with Gasteiger partial charge in [0.2, 0.25) is 5.91 Å². The molecule has 0 aliphatic carbocycles. The van der Waals surface area contributed by atoms with Crippen molar-refractivity contribution in [3.05, 3.63) is 54.1 Å². The normalized spacial score (nSPS) is 20.0. The lowest BCUT2D eigenvalue weighted by Gasteiger charge is -2.26. The van der Waals surface area contributed by atoms with Gasteiger partial charge >= 0.3 is 12.0 Å². The number of ether oxygens (including phenoxy) is 1. The van der Waals surface area contributed by atoms with Crippen molar-refractivity contribution in [3.63, 3.8) is 0 Å². The molecule has 3 amide bonds. The molecular weight excluding hydrogens is 410 g/mol. The first-order valence-electron chi connectivity index (χ1n) is 10.1. The fourth-order valence-electron chi connectivity index (χ4n) is 3.90. The van der Waals surface area contributed by atoms with Gasteiger partial charge in [0.1, 0.15) is 12.4 Å². The van der Waals surface area contributed by atoms with Crippen LogP contribution in [0.15, 0.2) is 48.5 Å². The van der Waals surface area contributed by atoms with Gasteiger partial charge in [-0.15, -0.1) is 0 Å². The standard InChI is InChI=1S/C24H25N3O5/c1-24(13-21(28)29)12-19(27(22(24)30)23(31)26(2)3)15-32-20-10-8-18(9-11-20)17-6-4-16(14-25)5-7-17/h4-11,19H,12-13,15H2,1-3H3,(H,28,29)/t19-,24-/m0/s1. The molecule has 2 aromatic carbocycles. The van der Waals surface area contributed by atoms with Crippen LogP contribution in [0.4, 0.5) is 4.79 Å². The monoisotopic (exact) mass is 435 g/mol. The van der Waals surface area contributed by atoms with Gasteiger partial charge < -0.3 is 14.7 Å². The molecule has 1 saturated heterocycles. The molecule has 166 valence electrons. The van der Waals surface area contributed by atoms with Gasteiger partial charge in [-0.05, 0) is 41.8 Å². The van der Waals surface area contributed by atoms with Gasteiger partial charge in [-0.2, -0.15) is 5.26 Å². The second-order valence-electron chi connectivity index (χ2n) is 8.37. The van der Waals surface area contributed by atoms with Crippen LogP contribution in [0.25, 0.3) is 11.1 Å². The van der Waals surface area contributed by atoms with Crippen molar-refractivity contribution in [2.75, 3.05) is 20.7 Å². The molecule has 0 bridgehead atoms. The number of hydrogen-bond donors (Lipinski definition) is 1. The number of carboxylic acid groups (broad SMARTS) is 1. The van der Waals surface area contributed by atoms with Gasteiger partial charge in [-0.25, -0.2) is 4.79 Å². The van der Waals surface area contributed by atoms with Gasteiger partial charge in [0.25, 0.3) is 0 Å². The summed E-state index contributed by atoms with van der Waals surface area (Å²) >= 11 is 0. The predicted octanol–water partition coefficient (Wildman–Crippen LogP) is 3.37. The third-order valence-corrected chi connectivity index (χ3v) is 5.56. The Hall–Kier alpha value is -3.86. The number of likely N-dealkylation sites (tertiary alicyclic amines) is 1. The van der Waals surface area contributed by atoms with Crippen LogP contribution in [0.2, 0.25) is 0 Å². The van der Waals surface area contributed by atoms with E-state index in [1.807, 2.05) is 24.3 Å². The molecular formula is C24H25N3O5. The largest absolute Gasteiger partial charge is 0.491 e. The number of urea groups is 1. The Labute approximate surface area is 186 Å². The van der Waals surface area contributed by atoms with Crippen molar-refractivity contribution >= 4 is 17.9 Å². The first-order chi connectivity index (χ1) is 15.1. The molecule has 0 spiro atoms. The number of rotatable bonds is 6. The number of hydrogen-bond acceptors (Lipinski definition) is 5. The van der Waals surface area contributed by atoms with Crippen molar-refractivity contribution < 1.29 is 24.2 Å². The minimum Gasteiger partial charge on any atom is -0.491 e. The van der Waals surface area contributed by atoms with Crippen LogP contribution in [-0.4, -0.2) is 59.6 Å². The Morgan fingerprint density at radius 1 is 1.16 bits per heavy atom. The molecule has 8 nitrogen and oxygen atoms in total. The fraction of sp³-hybridized carbons (Fsp3) is 0.333. The summed E-state index contributed by atoms with van der Waals surface area (Å²) in [6, 6.07) is 15.6. The number of nitrogens with zero attached hydrogens (tertiary/aromatic N) is 3. The quantitative estimate of drug-likeness (QED) is 0.745. The molecule has 1 N–H and O–H groups in total. The summed E-state index contributed by atoms with van der Waals surface area (Å²) in [7, 11) is 3.09. The molecule has 1 aliphatic rings. The lowest BCUT2D eigenvalue weighted by Crippen LogP contribution is -2.47. The van der Waals surface area contributed by atoms with Crippen LogP contribution in [0.3, 0.4) is 0 Å². The van der Waals surface area contributed by atoms with Gasteiger partial charge in [0.15, 0.2) is 0 Å². The lowest BCUT2D eigenvalue weighted by atomic mass is 9.84. The number of imide groups is 1. The van der Waals surface area contributed by atoms with Gasteiger partial charge in [0.05, 0.1) is 29.5 Å².